The number of amides is 1. The van der Waals surface area contributed by atoms with Crippen molar-refractivity contribution in [2.45, 2.75) is 12.5 Å². The number of morpholine rings is 1. The molecule has 1 N–H and O–H groups in total. The lowest BCUT2D eigenvalue weighted by molar-refractivity contribution is -0.128. The Kier molecular flexibility index (Phi) is 5.78. The van der Waals surface area contributed by atoms with E-state index in [9.17, 15) is 9.18 Å². The van der Waals surface area contributed by atoms with Gasteiger partial charge in [-0.2, -0.15) is 0 Å². The van der Waals surface area contributed by atoms with Gasteiger partial charge in [-0.25, -0.2) is 9.37 Å². The Balaban J connectivity index is 1.69. The molecule has 1 saturated heterocycles. The van der Waals surface area contributed by atoms with Gasteiger partial charge in [0.15, 0.2) is 0 Å². The van der Waals surface area contributed by atoms with Crippen LogP contribution in [0.25, 0.3) is 0 Å². The summed E-state index contributed by atoms with van der Waals surface area (Å²) in [7, 11) is 1.92. The minimum absolute atomic E-state index is 0.116. The normalized spacial score (nSPS) is 16.6. The number of aryl methyl sites for hydroxylation is 1. The van der Waals surface area contributed by atoms with Gasteiger partial charge in [0.1, 0.15) is 11.9 Å². The minimum atomic E-state index is -0.508. The molecule has 1 aliphatic heterocycles. The maximum atomic E-state index is 13.7. The largest absolute Gasteiger partial charge is 0.379 e. The lowest BCUT2D eigenvalue weighted by Crippen LogP contribution is -2.46. The smallest absolute Gasteiger partial charge is 0.241 e. The Labute approximate surface area is 146 Å². The molecule has 1 amide bonds. The molecule has 1 aromatic carbocycles. The molecule has 0 saturated carbocycles. The predicted octanol–water partition coefficient (Wildman–Crippen LogP) is 1.29. The van der Waals surface area contributed by atoms with Crippen molar-refractivity contribution in [1.29, 1.82) is 0 Å². The van der Waals surface area contributed by atoms with Crippen molar-refractivity contribution < 1.29 is 13.9 Å². The molecule has 1 aromatic heterocycles. The third-order valence-electron chi connectivity index (χ3n) is 4.42. The van der Waals surface area contributed by atoms with E-state index in [1.807, 2.05) is 16.5 Å². The molecule has 2 aromatic rings. The van der Waals surface area contributed by atoms with Crippen molar-refractivity contribution in [2.24, 2.45) is 7.05 Å². The van der Waals surface area contributed by atoms with Gasteiger partial charge in [0.25, 0.3) is 0 Å². The van der Waals surface area contributed by atoms with E-state index >= 15 is 0 Å². The topological polar surface area (TPSA) is 59.4 Å². The first-order valence-electron chi connectivity index (χ1n) is 8.45. The van der Waals surface area contributed by atoms with Gasteiger partial charge in [0.05, 0.1) is 19.5 Å². The summed E-state index contributed by atoms with van der Waals surface area (Å²) < 4.78 is 21.0. The molecule has 25 heavy (non-hydrogen) atoms. The molecular weight excluding hydrogens is 323 g/mol. The zero-order valence-electron chi connectivity index (χ0n) is 14.3. The molecule has 0 spiro atoms. The molecule has 0 radical (unpaired) electrons. The van der Waals surface area contributed by atoms with Crippen LogP contribution in [0.5, 0.6) is 0 Å². The summed E-state index contributed by atoms with van der Waals surface area (Å²) in [4.78, 5) is 18.9. The van der Waals surface area contributed by atoms with E-state index < -0.39 is 6.04 Å². The van der Waals surface area contributed by atoms with E-state index in [1.54, 1.807) is 24.7 Å². The highest BCUT2D eigenvalue weighted by molar-refractivity contribution is 5.83. The molecule has 0 aliphatic carbocycles. The first-order chi connectivity index (χ1) is 12.1. The first-order valence-corrected chi connectivity index (χ1v) is 8.45. The van der Waals surface area contributed by atoms with E-state index in [4.69, 9.17) is 4.74 Å². The minimum Gasteiger partial charge on any atom is -0.379 e. The number of hydrogen-bond acceptors (Lipinski definition) is 4. The molecular formula is C18H23FN4O2. The highest BCUT2D eigenvalue weighted by Crippen LogP contribution is 2.23. The molecule has 7 heteroatoms. The van der Waals surface area contributed by atoms with Gasteiger partial charge >= 0.3 is 0 Å². The van der Waals surface area contributed by atoms with Crippen LogP contribution in [-0.2, 0) is 23.0 Å². The van der Waals surface area contributed by atoms with Gasteiger partial charge in [-0.3, -0.25) is 9.69 Å². The molecule has 0 bridgehead atoms. The first kappa shape index (κ1) is 17.6. The number of aromatic nitrogens is 2. The second-order valence-corrected chi connectivity index (χ2v) is 6.14. The third kappa shape index (κ3) is 4.43. The number of hydrogen-bond donors (Lipinski definition) is 1. The van der Waals surface area contributed by atoms with Crippen LogP contribution in [0.3, 0.4) is 0 Å². The third-order valence-corrected chi connectivity index (χ3v) is 4.42. The van der Waals surface area contributed by atoms with Crippen molar-refractivity contribution in [3.05, 3.63) is 53.9 Å². The van der Waals surface area contributed by atoms with Gasteiger partial charge < -0.3 is 14.6 Å². The summed E-state index contributed by atoms with van der Waals surface area (Å²) in [5, 5.41) is 2.98. The van der Waals surface area contributed by atoms with Crippen molar-refractivity contribution >= 4 is 5.91 Å². The average Bonchev–Trinajstić information content (AvgIpc) is 3.01. The number of ether oxygens (including phenoxy) is 1. The number of nitrogens with zero attached hydrogens (tertiary/aromatic N) is 3. The van der Waals surface area contributed by atoms with Crippen LogP contribution >= 0.6 is 0 Å². The Bertz CT molecular complexity index is 713. The molecule has 1 atom stereocenters. The van der Waals surface area contributed by atoms with Crippen LogP contribution in [0.15, 0.2) is 36.8 Å². The average molecular weight is 346 g/mol. The van der Waals surface area contributed by atoms with E-state index in [0.29, 0.717) is 44.8 Å². The number of rotatable bonds is 6. The molecule has 1 unspecified atom stereocenters. The zero-order valence-corrected chi connectivity index (χ0v) is 14.3. The fraction of sp³-hybridized carbons (Fsp3) is 0.444. The van der Waals surface area contributed by atoms with E-state index in [1.165, 1.54) is 12.1 Å². The van der Waals surface area contributed by atoms with Gasteiger partial charge in [0, 0.05) is 45.0 Å². The summed E-state index contributed by atoms with van der Waals surface area (Å²) in [5.41, 5.74) is 1.72. The van der Waals surface area contributed by atoms with Crippen LogP contribution in [-0.4, -0.2) is 53.2 Å². The van der Waals surface area contributed by atoms with Gasteiger partial charge in [-0.05, 0) is 17.7 Å². The van der Waals surface area contributed by atoms with Crippen LogP contribution in [0.2, 0.25) is 0 Å². The number of halogens is 1. The van der Waals surface area contributed by atoms with E-state index in [-0.39, 0.29) is 11.7 Å². The summed E-state index contributed by atoms with van der Waals surface area (Å²) >= 11 is 0. The van der Waals surface area contributed by atoms with Crippen molar-refractivity contribution in [2.75, 3.05) is 32.8 Å². The highest BCUT2D eigenvalue weighted by atomic mass is 19.1. The fourth-order valence-corrected chi connectivity index (χ4v) is 3.08. The SMILES string of the molecule is Cn1cncc1CCNC(=O)C(c1cccc(F)c1)N1CCOCC1. The van der Waals surface area contributed by atoms with Crippen LogP contribution in [0.4, 0.5) is 4.39 Å². The summed E-state index contributed by atoms with van der Waals surface area (Å²) in [6, 6.07) is 5.75. The number of carbonyl (C=O) groups is 1. The van der Waals surface area contributed by atoms with Gasteiger partial charge in [0.2, 0.25) is 5.91 Å². The number of imidazole rings is 1. The second-order valence-electron chi connectivity index (χ2n) is 6.14. The van der Waals surface area contributed by atoms with E-state index in [2.05, 4.69) is 10.3 Å². The molecule has 1 fully saturated rings. The molecule has 134 valence electrons. The number of carbonyl (C=O) groups excluding carboxylic acids is 1. The Morgan fingerprint density at radius 2 is 2.20 bits per heavy atom. The fourth-order valence-electron chi connectivity index (χ4n) is 3.08. The summed E-state index contributed by atoms with van der Waals surface area (Å²) in [6.07, 6.45) is 4.22. The lowest BCUT2D eigenvalue weighted by atomic mass is 10.0. The second kappa shape index (κ2) is 8.22. The Morgan fingerprint density at radius 1 is 1.40 bits per heavy atom. The van der Waals surface area contributed by atoms with Crippen molar-refractivity contribution in [3.63, 3.8) is 0 Å². The van der Waals surface area contributed by atoms with Gasteiger partial charge in [-0.1, -0.05) is 12.1 Å². The van der Waals surface area contributed by atoms with Crippen LogP contribution in [0.1, 0.15) is 17.3 Å². The predicted molar refractivity (Wildman–Crippen MR) is 91.5 cm³/mol. The lowest BCUT2D eigenvalue weighted by Gasteiger charge is -2.33. The van der Waals surface area contributed by atoms with Crippen LogP contribution < -0.4 is 5.32 Å². The molecule has 1 aliphatic rings. The maximum absolute atomic E-state index is 13.7. The number of benzene rings is 1. The summed E-state index contributed by atoms with van der Waals surface area (Å²) in [5.74, 6) is -0.451. The van der Waals surface area contributed by atoms with Crippen molar-refractivity contribution in [3.8, 4) is 0 Å². The quantitative estimate of drug-likeness (QED) is 0.856. The van der Waals surface area contributed by atoms with Crippen LogP contribution in [0, 0.1) is 5.82 Å². The number of nitrogens with one attached hydrogen (secondary N) is 1. The summed E-state index contributed by atoms with van der Waals surface area (Å²) in [6.45, 7) is 2.96. The van der Waals surface area contributed by atoms with Crippen molar-refractivity contribution in [1.82, 2.24) is 19.8 Å². The molecule has 6 nitrogen and oxygen atoms in total. The zero-order chi connectivity index (χ0) is 17.6. The van der Waals surface area contributed by atoms with Gasteiger partial charge in [-0.15, -0.1) is 0 Å². The monoisotopic (exact) mass is 346 g/mol. The van der Waals surface area contributed by atoms with E-state index in [0.717, 1.165) is 5.69 Å². The Morgan fingerprint density at radius 3 is 2.88 bits per heavy atom. The highest BCUT2D eigenvalue weighted by Gasteiger charge is 2.29. The molecule has 2 heterocycles. The Hall–Kier alpha value is -2.25. The maximum Gasteiger partial charge on any atom is 0.241 e. The standard InChI is InChI=1S/C18H23FN4O2/c1-22-13-20-12-16(22)5-6-21-18(24)17(23-7-9-25-10-8-23)14-3-2-4-15(19)11-14/h2-4,11-13,17H,5-10H2,1H3,(H,21,24). The molecule has 3 rings (SSSR count).